The molecule has 0 aromatic rings. The average Bonchev–Trinajstić information content (AvgIpc) is 2.00. The van der Waals surface area contributed by atoms with Crippen LogP contribution < -0.4 is 0 Å². The Bertz CT molecular complexity index is 170. The lowest BCUT2D eigenvalue weighted by Gasteiger charge is -2.40. The third-order valence-electron chi connectivity index (χ3n) is 2.82. The molecule has 14 heavy (non-hydrogen) atoms. The van der Waals surface area contributed by atoms with Gasteiger partial charge in [0.25, 0.3) is 0 Å². The lowest BCUT2D eigenvalue weighted by atomic mass is 9.84. The number of rotatable bonds is 6. The predicted octanol–water partition coefficient (Wildman–Crippen LogP) is 2.87. The first-order chi connectivity index (χ1) is 6.47. The Kier molecular flexibility index (Phi) is 4.44. The summed E-state index contributed by atoms with van der Waals surface area (Å²) < 4.78 is 10.9. The molecule has 0 radical (unpaired) electrons. The minimum absolute atomic E-state index is 0.317. The van der Waals surface area contributed by atoms with Gasteiger partial charge < -0.3 is 9.47 Å². The second-order valence-corrected chi connectivity index (χ2v) is 11.9. The Morgan fingerprint density at radius 2 is 2.07 bits per heavy atom. The van der Waals surface area contributed by atoms with Crippen molar-refractivity contribution in [2.24, 2.45) is 5.41 Å². The molecule has 2 nitrogen and oxygen atoms in total. The highest BCUT2D eigenvalue weighted by Gasteiger charge is 2.37. The van der Waals surface area contributed by atoms with Gasteiger partial charge in [0.1, 0.15) is 0 Å². The lowest BCUT2D eigenvalue weighted by Crippen LogP contribution is -2.45. The summed E-state index contributed by atoms with van der Waals surface area (Å²) in [6, 6.07) is 1.04. The van der Waals surface area contributed by atoms with Gasteiger partial charge in [-0.05, 0) is 12.5 Å². The Morgan fingerprint density at radius 3 is 2.43 bits per heavy atom. The molecule has 0 spiro atoms. The maximum absolute atomic E-state index is 6.20. The van der Waals surface area contributed by atoms with Crippen LogP contribution >= 0.6 is 11.1 Å². The van der Waals surface area contributed by atoms with E-state index in [-0.39, 0.29) is 0 Å². The summed E-state index contributed by atoms with van der Waals surface area (Å²) >= 11 is 6.20. The van der Waals surface area contributed by atoms with Crippen LogP contribution in [0.2, 0.25) is 19.1 Å². The minimum Gasteiger partial charge on any atom is -0.381 e. The number of hydrogen-bond acceptors (Lipinski definition) is 2. The Hall–Kier alpha value is 0.427. The van der Waals surface area contributed by atoms with Gasteiger partial charge in [-0.1, -0.05) is 20.0 Å². The lowest BCUT2D eigenvalue weighted by molar-refractivity contribution is -0.149. The van der Waals surface area contributed by atoms with Crippen molar-refractivity contribution in [2.45, 2.75) is 32.5 Å². The summed E-state index contributed by atoms with van der Waals surface area (Å²) in [5, 5.41) is 0. The van der Waals surface area contributed by atoms with Crippen LogP contribution in [0.4, 0.5) is 0 Å². The van der Waals surface area contributed by atoms with Crippen molar-refractivity contribution >= 4 is 18.5 Å². The molecule has 0 aliphatic carbocycles. The second kappa shape index (κ2) is 4.97. The van der Waals surface area contributed by atoms with Gasteiger partial charge in [0.2, 0.25) is 0 Å². The fourth-order valence-electron chi connectivity index (χ4n) is 1.38. The van der Waals surface area contributed by atoms with Gasteiger partial charge in [-0.3, -0.25) is 0 Å². The normalized spacial score (nSPS) is 20.6. The first-order valence-electron chi connectivity index (χ1n) is 5.32. The Labute approximate surface area is 92.6 Å². The SMILES string of the molecule is CCC1(COCC[Si](C)(C)Cl)COC1. The molecule has 0 amide bonds. The van der Waals surface area contributed by atoms with Gasteiger partial charge in [0, 0.05) is 12.0 Å². The van der Waals surface area contributed by atoms with Crippen LogP contribution in [0.15, 0.2) is 0 Å². The van der Waals surface area contributed by atoms with Gasteiger partial charge in [-0.2, -0.15) is 11.1 Å². The molecule has 1 aliphatic heterocycles. The largest absolute Gasteiger partial charge is 0.381 e. The van der Waals surface area contributed by atoms with E-state index in [4.69, 9.17) is 20.6 Å². The highest BCUT2D eigenvalue weighted by atomic mass is 35.6. The summed E-state index contributed by atoms with van der Waals surface area (Å²) in [7, 11) is -1.44. The first kappa shape index (κ1) is 12.5. The van der Waals surface area contributed by atoms with Crippen LogP contribution in [0, 0.1) is 5.41 Å². The zero-order valence-electron chi connectivity index (χ0n) is 9.44. The third kappa shape index (κ3) is 3.89. The maximum Gasteiger partial charge on any atom is 0.152 e. The summed E-state index contributed by atoms with van der Waals surface area (Å²) in [6.07, 6.45) is 1.15. The van der Waals surface area contributed by atoms with Gasteiger partial charge >= 0.3 is 0 Å². The van der Waals surface area contributed by atoms with Crippen LogP contribution in [0.1, 0.15) is 13.3 Å². The van der Waals surface area contributed by atoms with E-state index in [1.807, 2.05) is 0 Å². The van der Waals surface area contributed by atoms with E-state index in [2.05, 4.69) is 20.0 Å². The zero-order valence-corrected chi connectivity index (χ0v) is 11.2. The molecule has 0 saturated carbocycles. The number of halogens is 1. The van der Waals surface area contributed by atoms with E-state index in [0.29, 0.717) is 5.41 Å². The highest BCUT2D eigenvalue weighted by molar-refractivity contribution is 7.19. The highest BCUT2D eigenvalue weighted by Crippen LogP contribution is 2.31. The topological polar surface area (TPSA) is 18.5 Å². The molecule has 1 rings (SSSR count). The van der Waals surface area contributed by atoms with Gasteiger partial charge in [-0.15, -0.1) is 0 Å². The molecule has 0 N–H and O–H groups in total. The van der Waals surface area contributed by atoms with Crippen LogP contribution in [-0.2, 0) is 9.47 Å². The predicted molar refractivity (Wildman–Crippen MR) is 62.5 cm³/mol. The van der Waals surface area contributed by atoms with E-state index in [9.17, 15) is 0 Å². The molecule has 0 bridgehead atoms. The third-order valence-corrected chi connectivity index (χ3v) is 4.78. The van der Waals surface area contributed by atoms with Crippen LogP contribution in [0.5, 0.6) is 0 Å². The summed E-state index contributed by atoms with van der Waals surface area (Å²) in [5.74, 6) is 0. The van der Waals surface area contributed by atoms with Crippen molar-refractivity contribution in [3.8, 4) is 0 Å². The van der Waals surface area contributed by atoms with Crippen molar-refractivity contribution < 1.29 is 9.47 Å². The van der Waals surface area contributed by atoms with Crippen molar-refractivity contribution in [1.82, 2.24) is 0 Å². The molecule has 84 valence electrons. The molecule has 0 aromatic carbocycles. The fourth-order valence-corrected chi connectivity index (χ4v) is 2.24. The standard InChI is InChI=1S/C10H21ClO2Si/c1-4-10(8-13-9-10)7-12-5-6-14(2,3)11/h4-9H2,1-3H3. The monoisotopic (exact) mass is 236 g/mol. The number of hydrogen-bond donors (Lipinski definition) is 0. The molecular weight excluding hydrogens is 216 g/mol. The van der Waals surface area contributed by atoms with Crippen LogP contribution in [0.25, 0.3) is 0 Å². The summed E-state index contributed by atoms with van der Waals surface area (Å²) in [5.41, 5.74) is 0.317. The number of ether oxygens (including phenoxy) is 2. The van der Waals surface area contributed by atoms with E-state index in [0.717, 1.165) is 38.9 Å². The quantitative estimate of drug-likeness (QED) is 0.401. The van der Waals surface area contributed by atoms with Crippen molar-refractivity contribution in [3.05, 3.63) is 0 Å². The molecule has 0 atom stereocenters. The molecule has 1 fully saturated rings. The molecule has 1 saturated heterocycles. The summed E-state index contributed by atoms with van der Waals surface area (Å²) in [6.45, 7) is 9.89. The van der Waals surface area contributed by atoms with Crippen LogP contribution in [-0.4, -0.2) is 33.8 Å². The van der Waals surface area contributed by atoms with Crippen LogP contribution in [0.3, 0.4) is 0 Å². The zero-order chi connectivity index (χ0) is 10.7. The van der Waals surface area contributed by atoms with Gasteiger partial charge in [0.15, 0.2) is 7.38 Å². The molecule has 0 aromatic heterocycles. The molecule has 1 aliphatic rings. The van der Waals surface area contributed by atoms with E-state index in [1.165, 1.54) is 0 Å². The molecule has 0 unspecified atom stereocenters. The molecule has 1 heterocycles. The Balaban J connectivity index is 2.09. The van der Waals surface area contributed by atoms with Gasteiger partial charge in [-0.25, -0.2) is 0 Å². The molecule has 4 heteroatoms. The Morgan fingerprint density at radius 1 is 1.43 bits per heavy atom. The van der Waals surface area contributed by atoms with E-state index < -0.39 is 7.38 Å². The smallest absolute Gasteiger partial charge is 0.152 e. The van der Waals surface area contributed by atoms with E-state index in [1.54, 1.807) is 0 Å². The van der Waals surface area contributed by atoms with Gasteiger partial charge in [0.05, 0.1) is 19.8 Å². The average molecular weight is 237 g/mol. The fraction of sp³-hybridized carbons (Fsp3) is 1.00. The maximum atomic E-state index is 6.20. The first-order valence-corrected chi connectivity index (χ1v) is 9.54. The second-order valence-electron chi connectivity index (χ2n) is 4.87. The van der Waals surface area contributed by atoms with Crippen molar-refractivity contribution in [1.29, 1.82) is 0 Å². The summed E-state index contributed by atoms with van der Waals surface area (Å²) in [4.78, 5) is 0. The minimum atomic E-state index is -1.44. The van der Waals surface area contributed by atoms with Crippen molar-refractivity contribution in [3.63, 3.8) is 0 Å². The molecular formula is C10H21ClO2Si. The van der Waals surface area contributed by atoms with E-state index >= 15 is 0 Å². The van der Waals surface area contributed by atoms with Crippen molar-refractivity contribution in [2.75, 3.05) is 26.4 Å².